The Balaban J connectivity index is 1.10. The quantitative estimate of drug-likeness (QED) is 0.149. The summed E-state index contributed by atoms with van der Waals surface area (Å²) in [4.78, 5) is 16.8. The summed E-state index contributed by atoms with van der Waals surface area (Å²) < 4.78 is 20.3. The van der Waals surface area contributed by atoms with E-state index in [4.69, 9.17) is 37.4 Å². The number of aliphatic hydroxyl groups excluding tert-OH is 1. The summed E-state index contributed by atoms with van der Waals surface area (Å²) >= 11 is 12.4. The van der Waals surface area contributed by atoms with Gasteiger partial charge in [-0.25, -0.2) is 9.78 Å². The molecule has 1 aliphatic rings. The average Bonchev–Trinajstić information content (AvgIpc) is 3.38. The fourth-order valence-corrected chi connectivity index (χ4v) is 5.28. The van der Waals surface area contributed by atoms with E-state index < -0.39 is 6.29 Å². The number of hydrogen-bond donors (Lipinski definition) is 3. The van der Waals surface area contributed by atoms with Crippen LogP contribution in [0.3, 0.4) is 0 Å². The maximum absolute atomic E-state index is 12.7. The SMILES string of the molecule is O=C(Nc1ccc(Oc2ccccc2)cc1)Nc1ccc([C@@H]2O[C@H](Cn3cnc(Cl)c3Cl)C[C@H](c3ccc(CO)cc3)O2)cc1. The topological polar surface area (TPSA) is 107 Å². The molecule has 1 saturated heterocycles. The fraction of sp³-hybridized carbons (Fsp3) is 0.176. The van der Waals surface area contributed by atoms with E-state index in [1.54, 1.807) is 47.3 Å². The predicted molar refractivity (Wildman–Crippen MR) is 173 cm³/mol. The number of rotatable bonds is 9. The molecular formula is C34H30Cl2N4O5. The Labute approximate surface area is 270 Å². The Morgan fingerprint density at radius 1 is 0.844 bits per heavy atom. The molecule has 2 amide bonds. The van der Waals surface area contributed by atoms with Gasteiger partial charge in [0.25, 0.3) is 0 Å². The first-order chi connectivity index (χ1) is 21.9. The van der Waals surface area contributed by atoms with Crippen LogP contribution in [0.2, 0.25) is 10.3 Å². The number of aliphatic hydroxyl groups is 1. The summed E-state index contributed by atoms with van der Waals surface area (Å²) in [6, 6.07) is 31.2. The minimum absolute atomic E-state index is 0.0333. The van der Waals surface area contributed by atoms with Crippen molar-refractivity contribution in [1.82, 2.24) is 9.55 Å². The Hall–Kier alpha value is -4.38. The highest BCUT2D eigenvalue weighted by Crippen LogP contribution is 2.39. The molecule has 0 saturated carbocycles. The van der Waals surface area contributed by atoms with Crippen LogP contribution in [0.5, 0.6) is 11.5 Å². The van der Waals surface area contributed by atoms with Crippen LogP contribution in [0, 0.1) is 0 Å². The van der Waals surface area contributed by atoms with Crippen molar-refractivity contribution in [1.29, 1.82) is 0 Å². The number of urea groups is 1. The van der Waals surface area contributed by atoms with Crippen LogP contribution in [0.15, 0.2) is 109 Å². The van der Waals surface area contributed by atoms with Crippen LogP contribution >= 0.6 is 23.2 Å². The highest BCUT2D eigenvalue weighted by Gasteiger charge is 2.33. The molecule has 0 unspecified atom stereocenters. The second-order valence-electron chi connectivity index (χ2n) is 10.5. The molecule has 230 valence electrons. The molecule has 0 aliphatic carbocycles. The Kier molecular flexibility index (Phi) is 9.63. The lowest BCUT2D eigenvalue weighted by atomic mass is 10.00. The van der Waals surface area contributed by atoms with Crippen molar-refractivity contribution >= 4 is 40.6 Å². The lowest BCUT2D eigenvalue weighted by Gasteiger charge is -2.36. The zero-order valence-corrected chi connectivity index (χ0v) is 25.5. The third-order valence-corrected chi connectivity index (χ3v) is 8.05. The molecule has 4 aromatic carbocycles. The molecule has 1 fully saturated rings. The summed E-state index contributed by atoms with van der Waals surface area (Å²) in [6.45, 7) is 0.400. The second-order valence-corrected chi connectivity index (χ2v) is 11.2. The third kappa shape index (κ3) is 7.83. The van der Waals surface area contributed by atoms with Gasteiger partial charge >= 0.3 is 6.03 Å². The molecule has 5 aromatic rings. The number of amides is 2. The minimum Gasteiger partial charge on any atom is -0.457 e. The van der Waals surface area contributed by atoms with E-state index in [-0.39, 0.29) is 30.0 Å². The molecule has 2 heterocycles. The van der Waals surface area contributed by atoms with Crippen molar-refractivity contribution in [2.45, 2.75) is 38.1 Å². The molecule has 6 rings (SSSR count). The highest BCUT2D eigenvalue weighted by atomic mass is 35.5. The van der Waals surface area contributed by atoms with E-state index in [9.17, 15) is 9.90 Å². The second kappa shape index (κ2) is 14.2. The van der Waals surface area contributed by atoms with Crippen molar-refractivity contribution in [3.63, 3.8) is 0 Å². The normalized spacial score (nSPS) is 17.9. The van der Waals surface area contributed by atoms with E-state index in [2.05, 4.69) is 15.6 Å². The Morgan fingerprint density at radius 3 is 2.09 bits per heavy atom. The number of imidazole rings is 1. The first kappa shape index (κ1) is 30.6. The maximum atomic E-state index is 12.7. The van der Waals surface area contributed by atoms with Gasteiger partial charge < -0.3 is 34.5 Å². The molecular weight excluding hydrogens is 615 g/mol. The summed E-state index contributed by atoms with van der Waals surface area (Å²) in [6.07, 6.45) is 0.945. The molecule has 9 nitrogen and oxygen atoms in total. The first-order valence-electron chi connectivity index (χ1n) is 14.3. The number of benzene rings is 4. The van der Waals surface area contributed by atoms with Crippen molar-refractivity contribution in [2.24, 2.45) is 0 Å². The van der Waals surface area contributed by atoms with Gasteiger partial charge in [0, 0.05) is 23.4 Å². The molecule has 45 heavy (non-hydrogen) atoms. The summed E-state index contributed by atoms with van der Waals surface area (Å²) in [5, 5.41) is 15.7. The van der Waals surface area contributed by atoms with Gasteiger partial charge in [0.2, 0.25) is 0 Å². The molecule has 1 aliphatic heterocycles. The highest BCUT2D eigenvalue weighted by molar-refractivity contribution is 6.40. The van der Waals surface area contributed by atoms with E-state index >= 15 is 0 Å². The number of para-hydroxylation sites is 1. The number of hydrogen-bond acceptors (Lipinski definition) is 6. The summed E-state index contributed by atoms with van der Waals surface area (Å²) in [7, 11) is 0. The van der Waals surface area contributed by atoms with Gasteiger partial charge in [-0.1, -0.05) is 77.8 Å². The number of aromatic nitrogens is 2. The maximum Gasteiger partial charge on any atom is 0.323 e. The molecule has 11 heteroatoms. The first-order valence-corrected chi connectivity index (χ1v) is 15.1. The lowest BCUT2D eigenvalue weighted by Crippen LogP contribution is -2.32. The number of nitrogens with zero attached hydrogens (tertiary/aromatic N) is 2. The zero-order valence-electron chi connectivity index (χ0n) is 24.0. The van der Waals surface area contributed by atoms with Crippen LogP contribution in [-0.2, 0) is 22.6 Å². The standard InChI is InChI=1S/C34H30Cl2N4O5/c35-31-32(36)40(21-37-31)19-29-18-30(23-8-6-22(20-41)7-9-23)45-33(44-29)24-10-12-25(13-11-24)38-34(42)39-26-14-16-28(17-15-26)43-27-4-2-1-3-5-27/h1-17,21,29-30,33,41H,18-20H2,(H2,38,39,42)/t29-,30+,33+/m0/s1. The zero-order chi connectivity index (χ0) is 31.2. The van der Waals surface area contributed by atoms with Crippen LogP contribution in [0.25, 0.3) is 0 Å². The van der Waals surface area contributed by atoms with Gasteiger partial charge in [0.15, 0.2) is 11.4 Å². The third-order valence-electron chi connectivity index (χ3n) is 7.28. The molecule has 0 radical (unpaired) electrons. The number of anilines is 2. The van der Waals surface area contributed by atoms with Crippen LogP contribution in [0.1, 0.15) is 35.5 Å². The van der Waals surface area contributed by atoms with E-state index in [1.807, 2.05) is 66.7 Å². The Bertz CT molecular complexity index is 1720. The molecule has 0 spiro atoms. The number of nitrogens with one attached hydrogen (secondary N) is 2. The summed E-state index contributed by atoms with van der Waals surface area (Å²) in [5.41, 5.74) is 3.79. The van der Waals surface area contributed by atoms with Gasteiger partial charge in [-0.2, -0.15) is 0 Å². The monoisotopic (exact) mass is 644 g/mol. The van der Waals surface area contributed by atoms with E-state index in [1.165, 1.54) is 0 Å². The van der Waals surface area contributed by atoms with Crippen molar-refractivity contribution in [3.05, 3.63) is 136 Å². The molecule has 3 atom stereocenters. The largest absolute Gasteiger partial charge is 0.457 e. The Morgan fingerprint density at radius 2 is 1.47 bits per heavy atom. The van der Waals surface area contributed by atoms with E-state index in [0.717, 1.165) is 22.4 Å². The molecule has 0 bridgehead atoms. The van der Waals surface area contributed by atoms with Gasteiger partial charge in [0.1, 0.15) is 16.7 Å². The number of carbonyl (C=O) groups excluding carboxylic acids is 1. The van der Waals surface area contributed by atoms with Crippen LogP contribution in [-0.4, -0.2) is 26.8 Å². The van der Waals surface area contributed by atoms with Crippen LogP contribution in [0.4, 0.5) is 16.2 Å². The summed E-state index contributed by atoms with van der Waals surface area (Å²) in [5.74, 6) is 1.40. The minimum atomic E-state index is -0.677. The van der Waals surface area contributed by atoms with Crippen molar-refractivity contribution in [3.8, 4) is 11.5 Å². The lowest BCUT2D eigenvalue weighted by molar-refractivity contribution is -0.252. The number of halogens is 2. The van der Waals surface area contributed by atoms with Crippen molar-refractivity contribution in [2.75, 3.05) is 10.6 Å². The number of carbonyl (C=O) groups is 1. The number of ether oxygens (including phenoxy) is 3. The van der Waals surface area contributed by atoms with Gasteiger partial charge in [0.05, 0.1) is 31.7 Å². The van der Waals surface area contributed by atoms with Crippen LogP contribution < -0.4 is 15.4 Å². The van der Waals surface area contributed by atoms with Crippen molar-refractivity contribution < 1.29 is 24.1 Å². The smallest absolute Gasteiger partial charge is 0.323 e. The average molecular weight is 646 g/mol. The van der Waals surface area contributed by atoms with Gasteiger partial charge in [-0.15, -0.1) is 0 Å². The predicted octanol–water partition coefficient (Wildman–Crippen LogP) is 8.36. The van der Waals surface area contributed by atoms with Gasteiger partial charge in [-0.3, -0.25) is 0 Å². The van der Waals surface area contributed by atoms with Gasteiger partial charge in [-0.05, 0) is 59.7 Å². The van der Waals surface area contributed by atoms with E-state index in [0.29, 0.717) is 35.2 Å². The molecule has 1 aromatic heterocycles. The fourth-order valence-electron chi connectivity index (χ4n) is 4.97. The molecule has 3 N–H and O–H groups in total.